The molecule has 24 heavy (non-hydrogen) atoms. The SMILES string of the molecule is OC(COC1CCCCC1)CN1CCN(Cc2ccccc2)CC1. The summed E-state index contributed by atoms with van der Waals surface area (Å²) in [4.78, 5) is 4.87. The van der Waals surface area contributed by atoms with Crippen LogP contribution in [0, 0.1) is 0 Å². The number of piperazine rings is 1. The Morgan fingerprint density at radius 2 is 1.62 bits per heavy atom. The molecular weight excluding hydrogens is 300 g/mol. The minimum absolute atomic E-state index is 0.354. The summed E-state index contributed by atoms with van der Waals surface area (Å²) in [5, 5.41) is 10.3. The van der Waals surface area contributed by atoms with Crippen molar-refractivity contribution in [2.75, 3.05) is 39.3 Å². The fourth-order valence-electron chi connectivity index (χ4n) is 3.80. The number of ether oxygens (including phenoxy) is 1. The zero-order valence-electron chi connectivity index (χ0n) is 14.8. The van der Waals surface area contributed by atoms with Crippen LogP contribution in [0.3, 0.4) is 0 Å². The molecule has 1 saturated heterocycles. The molecule has 1 atom stereocenters. The van der Waals surface area contributed by atoms with E-state index in [4.69, 9.17) is 4.74 Å². The van der Waals surface area contributed by atoms with Crippen LogP contribution in [0.5, 0.6) is 0 Å². The number of hydrogen-bond donors (Lipinski definition) is 1. The summed E-state index contributed by atoms with van der Waals surface area (Å²) >= 11 is 0. The van der Waals surface area contributed by atoms with Gasteiger partial charge >= 0.3 is 0 Å². The monoisotopic (exact) mass is 332 g/mol. The van der Waals surface area contributed by atoms with Crippen molar-refractivity contribution in [2.24, 2.45) is 0 Å². The van der Waals surface area contributed by atoms with Crippen LogP contribution in [0.1, 0.15) is 37.7 Å². The summed E-state index contributed by atoms with van der Waals surface area (Å²) in [6.07, 6.45) is 6.28. The highest BCUT2D eigenvalue weighted by atomic mass is 16.5. The lowest BCUT2D eigenvalue weighted by molar-refractivity contribution is -0.0371. The molecule has 3 rings (SSSR count). The van der Waals surface area contributed by atoms with Crippen molar-refractivity contribution in [3.63, 3.8) is 0 Å². The Kier molecular flexibility index (Phi) is 7.09. The number of β-amino-alcohol motifs (C(OH)–C–C–N with tert-alkyl or cyclic N) is 1. The molecule has 1 heterocycles. The lowest BCUT2D eigenvalue weighted by Gasteiger charge is -2.35. The quantitative estimate of drug-likeness (QED) is 0.832. The standard InChI is InChI=1S/C20H32N2O2/c23-19(17-24-20-9-5-2-6-10-20)16-22-13-11-21(12-14-22)15-18-7-3-1-4-8-18/h1,3-4,7-8,19-20,23H,2,5-6,9-17H2. The maximum absolute atomic E-state index is 10.3. The molecule has 1 unspecified atom stereocenters. The second kappa shape index (κ2) is 9.52. The average molecular weight is 332 g/mol. The Hall–Kier alpha value is -0.940. The highest BCUT2D eigenvalue weighted by Crippen LogP contribution is 2.20. The van der Waals surface area contributed by atoms with Gasteiger partial charge in [-0.1, -0.05) is 49.6 Å². The van der Waals surface area contributed by atoms with Crippen molar-refractivity contribution < 1.29 is 9.84 Å². The lowest BCUT2D eigenvalue weighted by atomic mass is 9.98. The van der Waals surface area contributed by atoms with Crippen LogP contribution in [-0.4, -0.2) is 66.4 Å². The van der Waals surface area contributed by atoms with Crippen molar-refractivity contribution in [1.82, 2.24) is 9.80 Å². The fraction of sp³-hybridized carbons (Fsp3) is 0.700. The maximum Gasteiger partial charge on any atom is 0.0900 e. The van der Waals surface area contributed by atoms with E-state index < -0.39 is 0 Å². The molecule has 0 spiro atoms. The predicted octanol–water partition coefficient (Wildman–Crippen LogP) is 2.51. The van der Waals surface area contributed by atoms with E-state index in [1.54, 1.807) is 0 Å². The summed E-state index contributed by atoms with van der Waals surface area (Å²) in [7, 11) is 0. The van der Waals surface area contributed by atoms with Crippen LogP contribution < -0.4 is 0 Å². The predicted molar refractivity (Wildman–Crippen MR) is 97.0 cm³/mol. The highest BCUT2D eigenvalue weighted by molar-refractivity contribution is 5.14. The van der Waals surface area contributed by atoms with Crippen molar-refractivity contribution in [3.8, 4) is 0 Å². The third-order valence-electron chi connectivity index (χ3n) is 5.26. The van der Waals surface area contributed by atoms with Crippen molar-refractivity contribution in [1.29, 1.82) is 0 Å². The number of hydrogen-bond acceptors (Lipinski definition) is 4. The summed E-state index contributed by atoms with van der Waals surface area (Å²) < 4.78 is 5.90. The first kappa shape index (κ1) is 17.9. The van der Waals surface area contributed by atoms with E-state index in [9.17, 15) is 5.11 Å². The van der Waals surface area contributed by atoms with Gasteiger partial charge in [-0.15, -0.1) is 0 Å². The molecule has 1 aliphatic carbocycles. The molecule has 1 aromatic carbocycles. The average Bonchev–Trinajstić information content (AvgIpc) is 2.63. The first-order chi connectivity index (χ1) is 11.8. The van der Waals surface area contributed by atoms with Crippen LogP contribution in [0.15, 0.2) is 30.3 Å². The molecule has 4 heteroatoms. The van der Waals surface area contributed by atoms with E-state index >= 15 is 0 Å². The van der Waals surface area contributed by atoms with Gasteiger partial charge in [-0.2, -0.15) is 0 Å². The third-order valence-corrected chi connectivity index (χ3v) is 5.26. The van der Waals surface area contributed by atoms with Gasteiger partial charge in [-0.3, -0.25) is 9.80 Å². The lowest BCUT2D eigenvalue weighted by Crippen LogP contribution is -2.48. The van der Waals surface area contributed by atoms with E-state index in [2.05, 4.69) is 40.1 Å². The molecule has 0 amide bonds. The van der Waals surface area contributed by atoms with Gasteiger partial charge in [0.1, 0.15) is 0 Å². The van der Waals surface area contributed by atoms with Gasteiger partial charge in [-0.05, 0) is 18.4 Å². The van der Waals surface area contributed by atoms with E-state index in [0.717, 1.165) is 39.3 Å². The second-order valence-corrected chi connectivity index (χ2v) is 7.31. The van der Waals surface area contributed by atoms with Crippen LogP contribution in [0.4, 0.5) is 0 Å². The minimum atomic E-state index is -0.354. The Labute approximate surface area is 146 Å². The molecule has 4 nitrogen and oxygen atoms in total. The third kappa shape index (κ3) is 5.85. The fourth-order valence-corrected chi connectivity index (χ4v) is 3.80. The Bertz CT molecular complexity index is 454. The number of nitrogens with zero attached hydrogens (tertiary/aromatic N) is 2. The summed E-state index contributed by atoms with van der Waals surface area (Å²) in [5.74, 6) is 0. The smallest absolute Gasteiger partial charge is 0.0900 e. The van der Waals surface area contributed by atoms with Gasteiger partial charge in [0.15, 0.2) is 0 Å². The number of benzene rings is 1. The zero-order valence-corrected chi connectivity index (χ0v) is 14.8. The zero-order chi connectivity index (χ0) is 16.6. The maximum atomic E-state index is 10.3. The topological polar surface area (TPSA) is 35.9 Å². The van der Waals surface area contributed by atoms with Gasteiger partial charge in [0.2, 0.25) is 0 Å². The summed E-state index contributed by atoms with van der Waals surface area (Å²) in [6, 6.07) is 10.7. The van der Waals surface area contributed by atoms with Gasteiger partial charge < -0.3 is 9.84 Å². The van der Waals surface area contributed by atoms with Gasteiger partial charge in [0, 0.05) is 39.3 Å². The molecule has 2 fully saturated rings. The minimum Gasteiger partial charge on any atom is -0.389 e. The van der Waals surface area contributed by atoms with Crippen molar-refractivity contribution >= 4 is 0 Å². The molecule has 1 aliphatic heterocycles. The van der Waals surface area contributed by atoms with Crippen LogP contribution >= 0.6 is 0 Å². The molecule has 0 radical (unpaired) electrons. The van der Waals surface area contributed by atoms with E-state index in [1.165, 1.54) is 37.7 Å². The molecular formula is C20H32N2O2. The largest absolute Gasteiger partial charge is 0.389 e. The molecule has 0 aromatic heterocycles. The van der Waals surface area contributed by atoms with Crippen LogP contribution in [0.25, 0.3) is 0 Å². The number of aliphatic hydroxyl groups excluding tert-OH is 1. The van der Waals surface area contributed by atoms with Crippen LogP contribution in [0.2, 0.25) is 0 Å². The van der Waals surface area contributed by atoms with E-state index in [-0.39, 0.29) is 6.10 Å². The molecule has 134 valence electrons. The normalized spacial score (nSPS) is 22.5. The van der Waals surface area contributed by atoms with Gasteiger partial charge in [0.25, 0.3) is 0 Å². The number of aliphatic hydroxyl groups is 1. The van der Waals surface area contributed by atoms with Gasteiger partial charge in [0.05, 0.1) is 18.8 Å². The Morgan fingerprint density at radius 3 is 2.33 bits per heavy atom. The molecule has 1 aromatic rings. The first-order valence-electron chi connectivity index (χ1n) is 9.58. The Balaban J connectivity index is 1.31. The van der Waals surface area contributed by atoms with E-state index in [0.29, 0.717) is 12.7 Å². The summed E-state index contributed by atoms with van der Waals surface area (Å²) in [6.45, 7) is 6.49. The van der Waals surface area contributed by atoms with Crippen LogP contribution in [-0.2, 0) is 11.3 Å². The number of rotatable bonds is 7. The highest BCUT2D eigenvalue weighted by Gasteiger charge is 2.21. The van der Waals surface area contributed by atoms with Crippen molar-refractivity contribution in [3.05, 3.63) is 35.9 Å². The molecule has 1 N–H and O–H groups in total. The molecule has 0 bridgehead atoms. The molecule has 2 aliphatic rings. The van der Waals surface area contributed by atoms with Gasteiger partial charge in [-0.25, -0.2) is 0 Å². The van der Waals surface area contributed by atoms with Crippen molar-refractivity contribution in [2.45, 2.75) is 50.9 Å². The second-order valence-electron chi connectivity index (χ2n) is 7.31. The summed E-state index contributed by atoms with van der Waals surface area (Å²) in [5.41, 5.74) is 1.38. The van der Waals surface area contributed by atoms with E-state index in [1.807, 2.05) is 0 Å². The first-order valence-corrected chi connectivity index (χ1v) is 9.58. The molecule has 1 saturated carbocycles. The Morgan fingerprint density at radius 1 is 0.958 bits per heavy atom.